The molecule has 75 heavy (non-hydrogen) atoms. The van der Waals surface area contributed by atoms with E-state index in [9.17, 15) is 40.5 Å². The van der Waals surface area contributed by atoms with Crippen molar-refractivity contribution in [2.75, 3.05) is 13.2 Å². The first-order valence-electron chi connectivity index (χ1n) is 31.9. The van der Waals surface area contributed by atoms with Crippen LogP contribution in [0.1, 0.15) is 296 Å². The number of hydrogen-bond donors (Lipinski definition) is 8. The summed E-state index contributed by atoms with van der Waals surface area (Å²) in [5.41, 5.74) is 0. The lowest BCUT2D eigenvalue weighted by Gasteiger charge is -2.40. The number of hydrogen-bond acceptors (Lipinski definition) is 10. The van der Waals surface area contributed by atoms with E-state index in [1.165, 1.54) is 193 Å². The maximum atomic E-state index is 13.2. The van der Waals surface area contributed by atoms with Gasteiger partial charge in [-0.15, -0.1) is 0 Å². The van der Waals surface area contributed by atoms with Gasteiger partial charge in [0.1, 0.15) is 36.6 Å². The largest absolute Gasteiger partial charge is 0.394 e. The third-order valence-electron chi connectivity index (χ3n) is 15.4. The molecular formula is C64H121NO10. The molecule has 1 heterocycles. The molecule has 9 atom stereocenters. The summed E-state index contributed by atoms with van der Waals surface area (Å²) in [6, 6.07) is -1.19. The Bertz CT molecular complexity index is 1310. The Morgan fingerprint density at radius 3 is 1.25 bits per heavy atom. The van der Waals surface area contributed by atoms with Gasteiger partial charge in [-0.1, -0.05) is 262 Å². The minimum Gasteiger partial charge on any atom is -0.394 e. The molecule has 8 N–H and O–H groups in total. The molecule has 0 bridgehead atoms. The highest BCUT2D eigenvalue weighted by Gasteiger charge is 2.44. The molecule has 0 spiro atoms. The molecule has 1 rings (SSSR count). The Balaban J connectivity index is 2.22. The van der Waals surface area contributed by atoms with Gasteiger partial charge in [0.05, 0.1) is 25.4 Å². The number of ether oxygens (including phenoxy) is 2. The lowest BCUT2D eigenvalue weighted by atomic mass is 9.98. The molecule has 0 aromatic heterocycles. The standard InChI is InChI=1S/C64H121NO10/c1-3-5-7-9-11-13-15-17-19-21-22-23-24-25-26-27-28-29-30-31-32-33-34-35-36-38-39-41-43-45-47-49-51-56(67)59(69)55(54-74-64-62(72)61(71)60(70)58(53-66)75-64)65-63(73)57(68)52-50-48-46-44-42-40-37-20-18-16-14-12-10-8-6-4-2/h12,14,18,20,43,45,55-62,64,66-72H,3-11,13,15-17,19,21-42,44,46-54H2,1-2H3,(H,65,73)/b14-12-,20-18-,45-43+. The van der Waals surface area contributed by atoms with Gasteiger partial charge in [-0.3, -0.25) is 4.79 Å². The van der Waals surface area contributed by atoms with E-state index in [2.05, 4.69) is 55.6 Å². The van der Waals surface area contributed by atoms with E-state index in [4.69, 9.17) is 9.47 Å². The third-order valence-corrected chi connectivity index (χ3v) is 15.4. The minimum absolute atomic E-state index is 0.242. The van der Waals surface area contributed by atoms with Crippen LogP contribution in [0.2, 0.25) is 0 Å². The predicted molar refractivity (Wildman–Crippen MR) is 312 cm³/mol. The summed E-state index contributed by atoms with van der Waals surface area (Å²) in [6.45, 7) is 3.44. The van der Waals surface area contributed by atoms with Crippen molar-refractivity contribution < 1.29 is 50.0 Å². The van der Waals surface area contributed by atoms with E-state index in [0.717, 1.165) is 64.2 Å². The fraction of sp³-hybridized carbons (Fsp3) is 0.891. The van der Waals surface area contributed by atoms with Gasteiger partial charge in [0, 0.05) is 0 Å². The van der Waals surface area contributed by atoms with Crippen molar-refractivity contribution >= 4 is 5.91 Å². The maximum absolute atomic E-state index is 13.2. The zero-order valence-electron chi connectivity index (χ0n) is 48.5. The molecule has 442 valence electrons. The molecule has 1 fully saturated rings. The highest BCUT2D eigenvalue weighted by molar-refractivity contribution is 5.80. The fourth-order valence-electron chi connectivity index (χ4n) is 10.2. The quantitative estimate of drug-likeness (QED) is 0.0215. The molecule has 9 unspecified atom stereocenters. The average molecular weight is 1060 g/mol. The Morgan fingerprint density at radius 2 is 0.827 bits per heavy atom. The van der Waals surface area contributed by atoms with Crippen molar-refractivity contribution in [1.29, 1.82) is 0 Å². The summed E-state index contributed by atoms with van der Waals surface area (Å²) in [6.07, 6.45) is 55.1. The van der Waals surface area contributed by atoms with Crippen LogP contribution in [0.25, 0.3) is 0 Å². The number of rotatable bonds is 55. The number of carbonyl (C=O) groups is 1. The number of aliphatic hydroxyl groups is 7. The van der Waals surface area contributed by atoms with E-state index in [0.29, 0.717) is 12.8 Å². The molecule has 0 aliphatic carbocycles. The summed E-state index contributed by atoms with van der Waals surface area (Å²) >= 11 is 0. The maximum Gasteiger partial charge on any atom is 0.249 e. The highest BCUT2D eigenvalue weighted by atomic mass is 16.7. The second kappa shape index (κ2) is 53.0. The SMILES string of the molecule is CCCCC/C=C\C/C=C\CCCCCCCCC(O)C(=O)NC(COC1OC(CO)C(O)C(O)C1O)C(O)C(O)CCC/C=C/CCCCCCCCCCCCCCCCCCCCCCCCCCCCC. The summed E-state index contributed by atoms with van der Waals surface area (Å²) in [7, 11) is 0. The van der Waals surface area contributed by atoms with Gasteiger partial charge in [0.25, 0.3) is 0 Å². The van der Waals surface area contributed by atoms with Gasteiger partial charge < -0.3 is 50.5 Å². The molecule has 11 heteroatoms. The molecule has 0 radical (unpaired) electrons. The molecule has 0 aromatic carbocycles. The van der Waals surface area contributed by atoms with Crippen molar-refractivity contribution in [3.8, 4) is 0 Å². The monoisotopic (exact) mass is 1060 g/mol. The van der Waals surface area contributed by atoms with Crippen LogP contribution in [0.5, 0.6) is 0 Å². The number of allylic oxidation sites excluding steroid dienone is 6. The minimum atomic E-state index is -1.67. The first kappa shape index (κ1) is 71.3. The van der Waals surface area contributed by atoms with Crippen LogP contribution in [0.3, 0.4) is 0 Å². The van der Waals surface area contributed by atoms with E-state index >= 15 is 0 Å². The average Bonchev–Trinajstić information content (AvgIpc) is 3.41. The Kier molecular flexibility index (Phi) is 50.4. The summed E-state index contributed by atoms with van der Waals surface area (Å²) in [5.74, 6) is -0.713. The number of nitrogens with one attached hydrogen (secondary N) is 1. The molecule has 0 aromatic rings. The van der Waals surface area contributed by atoms with Crippen LogP contribution < -0.4 is 5.32 Å². The van der Waals surface area contributed by atoms with Crippen molar-refractivity contribution in [3.05, 3.63) is 36.5 Å². The number of unbranched alkanes of at least 4 members (excludes halogenated alkanes) is 37. The fourth-order valence-corrected chi connectivity index (χ4v) is 10.2. The van der Waals surface area contributed by atoms with E-state index in [1.54, 1.807) is 0 Å². The lowest BCUT2D eigenvalue weighted by molar-refractivity contribution is -0.303. The van der Waals surface area contributed by atoms with Gasteiger partial charge in [0.15, 0.2) is 6.29 Å². The smallest absolute Gasteiger partial charge is 0.249 e. The second-order valence-corrected chi connectivity index (χ2v) is 22.5. The molecule has 1 amide bonds. The summed E-state index contributed by atoms with van der Waals surface area (Å²) < 4.78 is 11.1. The normalized spacial score (nSPS) is 19.9. The van der Waals surface area contributed by atoms with Gasteiger partial charge >= 0.3 is 0 Å². The van der Waals surface area contributed by atoms with Gasteiger partial charge in [-0.25, -0.2) is 0 Å². The summed E-state index contributed by atoms with van der Waals surface area (Å²) in [5, 5.41) is 76.2. The first-order valence-corrected chi connectivity index (χ1v) is 31.9. The highest BCUT2D eigenvalue weighted by Crippen LogP contribution is 2.23. The molecule has 1 aliphatic rings. The number of aliphatic hydroxyl groups excluding tert-OH is 7. The number of carbonyl (C=O) groups excluding carboxylic acids is 1. The predicted octanol–water partition coefficient (Wildman–Crippen LogP) is 14.2. The molecule has 0 saturated carbocycles. The van der Waals surface area contributed by atoms with Crippen molar-refractivity contribution in [2.24, 2.45) is 0 Å². The molecule has 1 saturated heterocycles. The first-order chi connectivity index (χ1) is 36.7. The van der Waals surface area contributed by atoms with Crippen LogP contribution in [0, 0.1) is 0 Å². The molecule has 11 nitrogen and oxygen atoms in total. The van der Waals surface area contributed by atoms with Crippen LogP contribution in [0.15, 0.2) is 36.5 Å². The van der Waals surface area contributed by atoms with E-state index < -0.39 is 74.2 Å². The van der Waals surface area contributed by atoms with E-state index in [1.807, 2.05) is 0 Å². The molecular weight excluding hydrogens is 943 g/mol. The van der Waals surface area contributed by atoms with Crippen LogP contribution >= 0.6 is 0 Å². The zero-order valence-corrected chi connectivity index (χ0v) is 48.5. The third kappa shape index (κ3) is 41.1. The zero-order chi connectivity index (χ0) is 54.7. The van der Waals surface area contributed by atoms with Gasteiger partial charge in [0.2, 0.25) is 5.91 Å². The van der Waals surface area contributed by atoms with E-state index in [-0.39, 0.29) is 12.8 Å². The van der Waals surface area contributed by atoms with Crippen molar-refractivity contribution in [1.82, 2.24) is 5.32 Å². The van der Waals surface area contributed by atoms with Crippen LogP contribution in [-0.4, -0.2) is 110 Å². The topological polar surface area (TPSA) is 189 Å². The van der Waals surface area contributed by atoms with Crippen molar-refractivity contribution in [2.45, 2.75) is 351 Å². The lowest BCUT2D eigenvalue weighted by Crippen LogP contribution is -2.60. The van der Waals surface area contributed by atoms with Gasteiger partial charge in [-0.2, -0.15) is 0 Å². The second-order valence-electron chi connectivity index (χ2n) is 22.5. The Labute approximate surface area is 460 Å². The van der Waals surface area contributed by atoms with Crippen LogP contribution in [-0.2, 0) is 14.3 Å². The Hall–Kier alpha value is -1.67. The van der Waals surface area contributed by atoms with Crippen molar-refractivity contribution in [3.63, 3.8) is 0 Å². The van der Waals surface area contributed by atoms with Crippen LogP contribution in [0.4, 0.5) is 0 Å². The molecule has 1 aliphatic heterocycles. The van der Waals surface area contributed by atoms with Gasteiger partial charge in [-0.05, 0) is 70.6 Å². The number of amides is 1. The summed E-state index contributed by atoms with van der Waals surface area (Å²) in [4.78, 5) is 13.2. The Morgan fingerprint density at radius 1 is 0.467 bits per heavy atom.